The van der Waals surface area contributed by atoms with Crippen molar-refractivity contribution in [2.45, 2.75) is 59.0 Å². The SMILES string of the molecule is CCCC(CC)N1CNC(C(C)C)C1=O. The fraction of sp³-hybridized carbons (Fsp3) is 0.917. The van der Waals surface area contributed by atoms with Crippen LogP contribution in [0.25, 0.3) is 0 Å². The van der Waals surface area contributed by atoms with Crippen LogP contribution in [0.2, 0.25) is 0 Å². The van der Waals surface area contributed by atoms with Gasteiger partial charge in [-0.25, -0.2) is 0 Å². The Morgan fingerprint density at radius 2 is 2.13 bits per heavy atom. The second kappa shape index (κ2) is 5.50. The Hall–Kier alpha value is -0.570. The quantitative estimate of drug-likeness (QED) is 0.755. The van der Waals surface area contributed by atoms with E-state index >= 15 is 0 Å². The third-order valence-electron chi connectivity index (χ3n) is 3.23. The maximum atomic E-state index is 12.1. The highest BCUT2D eigenvalue weighted by atomic mass is 16.2. The van der Waals surface area contributed by atoms with E-state index in [1.165, 1.54) is 0 Å². The van der Waals surface area contributed by atoms with Crippen molar-refractivity contribution < 1.29 is 4.79 Å². The van der Waals surface area contributed by atoms with Crippen LogP contribution >= 0.6 is 0 Å². The van der Waals surface area contributed by atoms with Gasteiger partial charge < -0.3 is 4.90 Å². The number of amides is 1. The van der Waals surface area contributed by atoms with Crippen LogP contribution in [0.4, 0.5) is 0 Å². The number of carbonyl (C=O) groups is 1. The molecule has 1 heterocycles. The van der Waals surface area contributed by atoms with Gasteiger partial charge in [-0.15, -0.1) is 0 Å². The van der Waals surface area contributed by atoms with Crippen molar-refractivity contribution in [3.05, 3.63) is 0 Å². The van der Waals surface area contributed by atoms with Crippen LogP contribution in [0.15, 0.2) is 0 Å². The van der Waals surface area contributed by atoms with Gasteiger partial charge in [0, 0.05) is 6.04 Å². The third-order valence-corrected chi connectivity index (χ3v) is 3.23. The van der Waals surface area contributed by atoms with Crippen molar-refractivity contribution in [1.82, 2.24) is 10.2 Å². The van der Waals surface area contributed by atoms with Gasteiger partial charge in [-0.3, -0.25) is 10.1 Å². The highest BCUT2D eigenvalue weighted by Crippen LogP contribution is 2.18. The van der Waals surface area contributed by atoms with E-state index in [1.807, 2.05) is 4.90 Å². The van der Waals surface area contributed by atoms with Crippen LogP contribution in [0.5, 0.6) is 0 Å². The minimum absolute atomic E-state index is 0.0379. The molecule has 0 aromatic heterocycles. The summed E-state index contributed by atoms with van der Waals surface area (Å²) in [6, 6.07) is 0.467. The van der Waals surface area contributed by atoms with E-state index in [0.717, 1.165) is 25.9 Å². The van der Waals surface area contributed by atoms with Crippen molar-refractivity contribution in [1.29, 1.82) is 0 Å². The van der Waals surface area contributed by atoms with Crippen molar-refractivity contribution in [2.24, 2.45) is 5.92 Å². The summed E-state index contributed by atoms with van der Waals surface area (Å²) in [5.41, 5.74) is 0. The summed E-state index contributed by atoms with van der Waals surface area (Å²) >= 11 is 0. The maximum Gasteiger partial charge on any atom is 0.241 e. The van der Waals surface area contributed by atoms with Gasteiger partial charge in [-0.05, 0) is 18.8 Å². The summed E-state index contributed by atoms with van der Waals surface area (Å²) in [6.07, 6.45) is 3.33. The van der Waals surface area contributed by atoms with Gasteiger partial charge in [-0.2, -0.15) is 0 Å². The third kappa shape index (κ3) is 2.71. The summed E-state index contributed by atoms with van der Waals surface area (Å²) in [4.78, 5) is 14.1. The van der Waals surface area contributed by atoms with Gasteiger partial charge in [0.25, 0.3) is 0 Å². The highest BCUT2D eigenvalue weighted by molar-refractivity contribution is 5.84. The molecule has 1 aliphatic heterocycles. The zero-order valence-electron chi connectivity index (χ0n) is 10.4. The lowest BCUT2D eigenvalue weighted by Gasteiger charge is -2.26. The standard InChI is InChI=1S/C12H24N2O/c1-5-7-10(6-2)14-8-13-11(9(3)4)12(14)15/h9-11,13H,5-8H2,1-4H3. The molecule has 0 bridgehead atoms. The summed E-state index contributed by atoms with van der Waals surface area (Å²) < 4.78 is 0. The first-order valence-corrected chi connectivity index (χ1v) is 6.15. The molecule has 0 saturated carbocycles. The molecule has 0 radical (unpaired) electrons. The Morgan fingerprint density at radius 1 is 1.47 bits per heavy atom. The van der Waals surface area contributed by atoms with E-state index < -0.39 is 0 Å². The van der Waals surface area contributed by atoms with Gasteiger partial charge in [0.2, 0.25) is 5.91 Å². The number of nitrogens with one attached hydrogen (secondary N) is 1. The first-order valence-electron chi connectivity index (χ1n) is 6.15. The summed E-state index contributed by atoms with van der Waals surface area (Å²) in [5, 5.41) is 3.31. The molecule has 0 aromatic carbocycles. The normalized spacial score (nSPS) is 23.9. The van der Waals surface area contributed by atoms with Crippen LogP contribution in [0.1, 0.15) is 47.0 Å². The largest absolute Gasteiger partial charge is 0.326 e. The molecule has 0 spiro atoms. The fourth-order valence-corrected chi connectivity index (χ4v) is 2.28. The topological polar surface area (TPSA) is 32.3 Å². The monoisotopic (exact) mass is 212 g/mol. The predicted molar refractivity (Wildman–Crippen MR) is 62.5 cm³/mol. The zero-order valence-corrected chi connectivity index (χ0v) is 10.4. The van der Waals surface area contributed by atoms with E-state index in [9.17, 15) is 4.79 Å². The second-order valence-electron chi connectivity index (χ2n) is 4.74. The first-order chi connectivity index (χ1) is 7.11. The molecule has 1 rings (SSSR count). The molecule has 1 saturated heterocycles. The molecular formula is C12H24N2O. The fourth-order valence-electron chi connectivity index (χ4n) is 2.28. The van der Waals surface area contributed by atoms with Crippen LogP contribution in [-0.2, 0) is 4.79 Å². The van der Waals surface area contributed by atoms with Crippen molar-refractivity contribution in [3.63, 3.8) is 0 Å². The van der Waals surface area contributed by atoms with Crippen LogP contribution in [0, 0.1) is 5.92 Å². The lowest BCUT2D eigenvalue weighted by molar-refractivity contribution is -0.131. The zero-order chi connectivity index (χ0) is 11.4. The molecule has 1 amide bonds. The van der Waals surface area contributed by atoms with Crippen molar-refractivity contribution in [3.8, 4) is 0 Å². The van der Waals surface area contributed by atoms with Crippen LogP contribution < -0.4 is 5.32 Å². The molecule has 1 aliphatic rings. The molecule has 3 nitrogen and oxygen atoms in total. The Morgan fingerprint density at radius 3 is 2.53 bits per heavy atom. The predicted octanol–water partition coefficient (Wildman–Crippen LogP) is 1.98. The minimum Gasteiger partial charge on any atom is -0.326 e. The van der Waals surface area contributed by atoms with Crippen molar-refractivity contribution in [2.75, 3.05) is 6.67 Å². The average molecular weight is 212 g/mol. The lowest BCUT2D eigenvalue weighted by Crippen LogP contribution is -2.39. The number of hydrogen-bond donors (Lipinski definition) is 1. The molecule has 3 heteroatoms. The first kappa shape index (κ1) is 12.5. The summed E-state index contributed by atoms with van der Waals surface area (Å²) in [7, 11) is 0. The molecular weight excluding hydrogens is 188 g/mol. The summed E-state index contributed by atoms with van der Waals surface area (Å²) in [5.74, 6) is 0.687. The number of nitrogens with zero attached hydrogens (tertiary/aromatic N) is 1. The molecule has 15 heavy (non-hydrogen) atoms. The summed E-state index contributed by atoms with van der Waals surface area (Å²) in [6.45, 7) is 9.27. The maximum absolute atomic E-state index is 12.1. The molecule has 2 atom stereocenters. The van der Waals surface area contributed by atoms with Gasteiger partial charge in [0.1, 0.15) is 0 Å². The number of hydrogen-bond acceptors (Lipinski definition) is 2. The van der Waals surface area contributed by atoms with Gasteiger partial charge in [0.05, 0.1) is 12.7 Å². The van der Waals surface area contributed by atoms with E-state index in [-0.39, 0.29) is 6.04 Å². The molecule has 0 aliphatic carbocycles. The van der Waals surface area contributed by atoms with Crippen molar-refractivity contribution >= 4 is 5.91 Å². The smallest absolute Gasteiger partial charge is 0.241 e. The van der Waals surface area contributed by atoms with Crippen LogP contribution in [-0.4, -0.2) is 29.6 Å². The Kier molecular flexibility index (Phi) is 4.58. The lowest BCUT2D eigenvalue weighted by atomic mass is 10.0. The van der Waals surface area contributed by atoms with Gasteiger partial charge in [0.15, 0.2) is 0 Å². The molecule has 1 fully saturated rings. The Bertz CT molecular complexity index is 216. The van der Waals surface area contributed by atoms with Gasteiger partial charge in [-0.1, -0.05) is 34.1 Å². The van der Waals surface area contributed by atoms with Crippen LogP contribution in [0.3, 0.4) is 0 Å². The Balaban J connectivity index is 2.61. The second-order valence-corrected chi connectivity index (χ2v) is 4.74. The number of rotatable bonds is 5. The molecule has 1 N–H and O–H groups in total. The van der Waals surface area contributed by atoms with Gasteiger partial charge >= 0.3 is 0 Å². The molecule has 2 unspecified atom stereocenters. The van der Waals surface area contributed by atoms with E-state index in [2.05, 4.69) is 33.0 Å². The highest BCUT2D eigenvalue weighted by Gasteiger charge is 2.35. The molecule has 0 aromatic rings. The minimum atomic E-state index is 0.0379. The van der Waals surface area contributed by atoms with E-state index in [1.54, 1.807) is 0 Å². The Labute approximate surface area is 93.2 Å². The average Bonchev–Trinajstić information content (AvgIpc) is 2.57. The van der Waals surface area contributed by atoms with E-state index in [0.29, 0.717) is 17.9 Å². The van der Waals surface area contributed by atoms with E-state index in [4.69, 9.17) is 0 Å². The molecule has 88 valence electrons. The number of carbonyl (C=O) groups excluding carboxylic acids is 1.